The first-order valence-corrected chi connectivity index (χ1v) is 7.36. The molecular weight excluding hydrogens is 288 g/mol. The van der Waals surface area contributed by atoms with E-state index in [1.807, 2.05) is 20.8 Å². The summed E-state index contributed by atoms with van der Waals surface area (Å²) in [5.74, 6) is -0.119. The minimum atomic E-state index is -1.01. The summed E-state index contributed by atoms with van der Waals surface area (Å²) in [4.78, 5) is 25.0. The van der Waals surface area contributed by atoms with Gasteiger partial charge in [-0.3, -0.25) is 0 Å². The number of ether oxygens (including phenoxy) is 1. The number of rotatable bonds is 2. The van der Waals surface area contributed by atoms with Crippen LogP contribution in [0.15, 0.2) is 4.52 Å². The molecule has 1 aromatic rings. The Kier molecular flexibility index (Phi) is 3.19. The number of nitrogens with zero attached hydrogens (tertiary/aromatic N) is 2. The molecule has 22 heavy (non-hydrogen) atoms. The summed E-state index contributed by atoms with van der Waals surface area (Å²) in [6.45, 7) is 8.26. The van der Waals surface area contributed by atoms with E-state index >= 15 is 0 Å². The number of carbonyl (C=O) groups excluding carboxylic acids is 1. The van der Waals surface area contributed by atoms with Crippen LogP contribution in [0.5, 0.6) is 0 Å². The van der Waals surface area contributed by atoms with Crippen molar-refractivity contribution in [2.24, 2.45) is 11.8 Å². The van der Waals surface area contributed by atoms with E-state index in [4.69, 9.17) is 9.26 Å². The highest BCUT2D eigenvalue weighted by Gasteiger charge is 2.60. The van der Waals surface area contributed by atoms with Crippen molar-refractivity contribution >= 4 is 12.1 Å². The molecule has 1 amide bonds. The number of aryl methyl sites for hydroxylation is 1. The maximum absolute atomic E-state index is 12.0. The molecule has 120 valence electrons. The average molecular weight is 308 g/mol. The van der Waals surface area contributed by atoms with Crippen molar-refractivity contribution in [2.75, 3.05) is 13.1 Å². The fourth-order valence-electron chi connectivity index (χ4n) is 3.28. The van der Waals surface area contributed by atoms with Crippen molar-refractivity contribution in [2.45, 2.75) is 39.2 Å². The molecule has 2 aliphatic rings. The molecular formula is C15H20N2O5. The van der Waals surface area contributed by atoms with E-state index in [9.17, 15) is 14.7 Å². The van der Waals surface area contributed by atoms with Crippen LogP contribution < -0.4 is 0 Å². The van der Waals surface area contributed by atoms with Crippen molar-refractivity contribution in [3.63, 3.8) is 0 Å². The van der Waals surface area contributed by atoms with Crippen LogP contribution in [0.25, 0.3) is 0 Å². The normalized spacial score (nSPS) is 26.7. The molecule has 7 nitrogen and oxygen atoms in total. The van der Waals surface area contributed by atoms with Crippen LogP contribution in [-0.2, 0) is 4.74 Å². The summed E-state index contributed by atoms with van der Waals surface area (Å²) in [5, 5.41) is 13.2. The van der Waals surface area contributed by atoms with Gasteiger partial charge in [0.15, 0.2) is 0 Å². The number of carboxylic acids is 1. The second-order valence-electron chi connectivity index (χ2n) is 7.04. The zero-order valence-corrected chi connectivity index (χ0v) is 13.1. The number of likely N-dealkylation sites (tertiary alicyclic amines) is 1. The van der Waals surface area contributed by atoms with Gasteiger partial charge in [-0.1, -0.05) is 5.16 Å². The van der Waals surface area contributed by atoms with Crippen LogP contribution in [0, 0.1) is 18.8 Å². The van der Waals surface area contributed by atoms with Gasteiger partial charge in [-0.05, 0) is 39.5 Å². The first-order valence-electron chi connectivity index (χ1n) is 7.36. The van der Waals surface area contributed by atoms with Gasteiger partial charge >= 0.3 is 12.1 Å². The van der Waals surface area contributed by atoms with Gasteiger partial charge < -0.3 is 19.3 Å². The van der Waals surface area contributed by atoms with Crippen molar-refractivity contribution in [1.82, 2.24) is 10.1 Å². The van der Waals surface area contributed by atoms with Gasteiger partial charge in [-0.25, -0.2) is 9.59 Å². The van der Waals surface area contributed by atoms with Crippen LogP contribution in [0.4, 0.5) is 4.79 Å². The highest BCUT2D eigenvalue weighted by atomic mass is 16.6. The number of carboxylic acid groups (broad SMARTS) is 1. The Hall–Kier alpha value is -2.05. The average Bonchev–Trinajstić information content (AvgIpc) is 2.73. The fraction of sp³-hybridized carbons (Fsp3) is 0.667. The van der Waals surface area contributed by atoms with E-state index in [-0.39, 0.29) is 29.4 Å². The summed E-state index contributed by atoms with van der Waals surface area (Å²) in [6, 6.07) is 0. The van der Waals surface area contributed by atoms with Gasteiger partial charge in [0.25, 0.3) is 0 Å². The number of aromatic carboxylic acids is 1. The Balaban J connectivity index is 1.66. The van der Waals surface area contributed by atoms with E-state index in [2.05, 4.69) is 5.16 Å². The minimum Gasteiger partial charge on any atom is -0.477 e. The smallest absolute Gasteiger partial charge is 0.410 e. The number of amides is 1. The van der Waals surface area contributed by atoms with Gasteiger partial charge in [0.2, 0.25) is 0 Å². The maximum Gasteiger partial charge on any atom is 0.410 e. The van der Waals surface area contributed by atoms with Crippen molar-refractivity contribution in [1.29, 1.82) is 0 Å². The Labute approximate surface area is 128 Å². The van der Waals surface area contributed by atoms with Gasteiger partial charge in [0.05, 0.1) is 0 Å². The molecule has 0 bridgehead atoms. The predicted octanol–water partition coefficient (Wildman–Crippen LogP) is 2.26. The zero-order chi connectivity index (χ0) is 16.2. The monoisotopic (exact) mass is 308 g/mol. The van der Waals surface area contributed by atoms with Crippen LogP contribution in [-0.4, -0.2) is 45.9 Å². The lowest BCUT2D eigenvalue weighted by Crippen LogP contribution is -2.37. The Morgan fingerprint density at radius 3 is 2.41 bits per heavy atom. The number of piperidine rings is 1. The molecule has 1 N–H and O–H groups in total. The summed E-state index contributed by atoms with van der Waals surface area (Å²) in [7, 11) is 0. The number of aromatic nitrogens is 1. The third-order valence-corrected chi connectivity index (χ3v) is 4.26. The van der Waals surface area contributed by atoms with E-state index in [0.717, 1.165) is 0 Å². The lowest BCUT2D eigenvalue weighted by molar-refractivity contribution is 0.0270. The largest absolute Gasteiger partial charge is 0.477 e. The molecule has 1 aliphatic carbocycles. The van der Waals surface area contributed by atoms with E-state index in [0.29, 0.717) is 24.5 Å². The molecule has 0 aromatic carbocycles. The molecule has 2 unspecified atom stereocenters. The van der Waals surface area contributed by atoms with Crippen LogP contribution in [0.1, 0.15) is 48.5 Å². The Bertz CT molecular complexity index is 618. The molecule has 1 saturated carbocycles. The van der Waals surface area contributed by atoms with Crippen molar-refractivity contribution in [3.05, 3.63) is 17.0 Å². The van der Waals surface area contributed by atoms with E-state index in [1.54, 1.807) is 11.8 Å². The molecule has 0 radical (unpaired) electrons. The predicted molar refractivity (Wildman–Crippen MR) is 75.7 cm³/mol. The molecule has 1 aliphatic heterocycles. The highest BCUT2D eigenvalue weighted by Crippen LogP contribution is 2.58. The standard InChI is InChI=1S/C15H20N2O5/c1-7-10(13(18)19)12(16-22-7)11-8-5-17(6-9(8)11)14(20)21-15(2,3)4/h8-9,11H,5-6H2,1-4H3,(H,18,19). The van der Waals surface area contributed by atoms with E-state index in [1.165, 1.54) is 0 Å². The van der Waals surface area contributed by atoms with Gasteiger partial charge in [-0.15, -0.1) is 0 Å². The van der Waals surface area contributed by atoms with Gasteiger partial charge in [-0.2, -0.15) is 0 Å². The van der Waals surface area contributed by atoms with Crippen LogP contribution in [0.3, 0.4) is 0 Å². The molecule has 0 spiro atoms. The van der Waals surface area contributed by atoms with Crippen molar-refractivity contribution < 1.29 is 24.0 Å². The summed E-state index contributed by atoms with van der Waals surface area (Å²) >= 11 is 0. The SMILES string of the molecule is Cc1onc(C2C3CN(C(=O)OC(C)(C)C)CC32)c1C(=O)O. The second-order valence-corrected chi connectivity index (χ2v) is 7.04. The summed E-state index contributed by atoms with van der Waals surface area (Å²) in [6.07, 6.45) is -0.312. The Morgan fingerprint density at radius 1 is 1.32 bits per heavy atom. The number of hydrogen-bond donors (Lipinski definition) is 1. The van der Waals surface area contributed by atoms with E-state index < -0.39 is 11.6 Å². The number of hydrogen-bond acceptors (Lipinski definition) is 5. The summed E-state index contributed by atoms with van der Waals surface area (Å²) in [5.41, 5.74) is 0.176. The topological polar surface area (TPSA) is 92.9 Å². The first kappa shape index (κ1) is 14.9. The zero-order valence-electron chi connectivity index (χ0n) is 13.1. The van der Waals surface area contributed by atoms with Crippen LogP contribution in [0.2, 0.25) is 0 Å². The molecule has 7 heteroatoms. The molecule has 1 aromatic heterocycles. The molecule has 1 saturated heterocycles. The molecule has 2 heterocycles. The minimum absolute atomic E-state index is 0.0715. The quantitative estimate of drug-likeness (QED) is 0.900. The molecule has 3 rings (SSSR count). The first-order chi connectivity index (χ1) is 10.2. The summed E-state index contributed by atoms with van der Waals surface area (Å²) < 4.78 is 10.4. The highest BCUT2D eigenvalue weighted by molar-refractivity contribution is 5.90. The number of fused-ring (bicyclic) bond motifs is 1. The molecule has 2 fully saturated rings. The molecule has 2 atom stereocenters. The third-order valence-electron chi connectivity index (χ3n) is 4.26. The third kappa shape index (κ3) is 2.44. The van der Waals surface area contributed by atoms with Gasteiger partial charge in [0, 0.05) is 19.0 Å². The maximum atomic E-state index is 12.0. The van der Waals surface area contributed by atoms with Gasteiger partial charge in [0.1, 0.15) is 22.6 Å². The second kappa shape index (κ2) is 4.72. The fourth-order valence-corrected chi connectivity index (χ4v) is 3.28. The lowest BCUT2D eigenvalue weighted by atomic mass is 10.1. The van der Waals surface area contributed by atoms with Crippen molar-refractivity contribution in [3.8, 4) is 0 Å². The Morgan fingerprint density at radius 2 is 1.91 bits per heavy atom. The van der Waals surface area contributed by atoms with Crippen LogP contribution >= 0.6 is 0 Å². The number of carbonyl (C=O) groups is 2. The lowest BCUT2D eigenvalue weighted by Gasteiger charge is -2.25.